The molecule has 2 amide bonds. The van der Waals surface area contributed by atoms with Gasteiger partial charge in [0.2, 0.25) is 11.8 Å². The molecule has 1 N–H and O–H groups in total. The Labute approximate surface area is 138 Å². The molecule has 0 aromatic carbocycles. The predicted octanol–water partition coefficient (Wildman–Crippen LogP) is 3.31. The fourth-order valence-electron chi connectivity index (χ4n) is 2.58. The normalized spacial score (nSPS) is 26.1. The van der Waals surface area contributed by atoms with E-state index in [1.54, 1.807) is 16.2 Å². The maximum atomic E-state index is 12.8. The molecule has 0 spiro atoms. The zero-order chi connectivity index (χ0) is 15.6. The molecule has 0 saturated carbocycles. The Morgan fingerprint density at radius 3 is 2.67 bits per heavy atom. The lowest BCUT2D eigenvalue weighted by atomic mass is 9.90. The van der Waals surface area contributed by atoms with E-state index in [1.807, 2.05) is 32.2 Å². The minimum absolute atomic E-state index is 0.0170. The van der Waals surface area contributed by atoms with Crippen molar-refractivity contribution in [2.45, 2.75) is 58.2 Å². The largest absolute Gasteiger partial charge is 0.340 e. The second kappa shape index (κ2) is 6.48. The van der Waals surface area contributed by atoms with E-state index in [0.717, 1.165) is 15.8 Å². The summed E-state index contributed by atoms with van der Waals surface area (Å²) in [5.41, 5.74) is -0.787. The minimum atomic E-state index is -0.787. The summed E-state index contributed by atoms with van der Waals surface area (Å²) in [5.74, 6) is -0.0168. The first-order valence-corrected chi connectivity index (χ1v) is 8.95. The van der Waals surface area contributed by atoms with Crippen molar-refractivity contribution in [3.05, 3.63) is 20.8 Å². The van der Waals surface area contributed by atoms with Gasteiger partial charge in [0.1, 0.15) is 11.6 Å². The van der Waals surface area contributed by atoms with Crippen molar-refractivity contribution in [1.82, 2.24) is 10.2 Å². The first-order chi connectivity index (χ1) is 9.92. The van der Waals surface area contributed by atoms with Gasteiger partial charge in [-0.2, -0.15) is 0 Å². The number of nitrogens with zero attached hydrogens (tertiary/aromatic N) is 1. The van der Waals surface area contributed by atoms with Crippen LogP contribution < -0.4 is 5.32 Å². The molecule has 2 atom stereocenters. The predicted molar refractivity (Wildman–Crippen MR) is 88.1 cm³/mol. The van der Waals surface area contributed by atoms with E-state index in [-0.39, 0.29) is 17.9 Å². The Bertz CT molecular complexity index is 546. The molecule has 1 aromatic rings. The van der Waals surface area contributed by atoms with Crippen LogP contribution in [0.1, 0.15) is 44.9 Å². The number of nitrogens with one attached hydrogen (secondary N) is 1. The number of hydrogen-bond acceptors (Lipinski definition) is 3. The highest BCUT2D eigenvalue weighted by Gasteiger charge is 2.46. The topological polar surface area (TPSA) is 49.4 Å². The summed E-state index contributed by atoms with van der Waals surface area (Å²) < 4.78 is 1.000. The van der Waals surface area contributed by atoms with Crippen molar-refractivity contribution >= 4 is 39.1 Å². The van der Waals surface area contributed by atoms with Gasteiger partial charge in [0, 0.05) is 9.35 Å². The van der Waals surface area contributed by atoms with Gasteiger partial charge in [-0.05, 0) is 47.1 Å². The second-order valence-electron chi connectivity index (χ2n) is 5.60. The number of hydrogen-bond donors (Lipinski definition) is 1. The summed E-state index contributed by atoms with van der Waals surface area (Å²) in [6.45, 7) is 6.26. The lowest BCUT2D eigenvalue weighted by molar-refractivity contribution is -0.155. The third-order valence-corrected chi connectivity index (χ3v) is 6.00. The molecule has 1 aromatic heterocycles. The molecule has 6 heteroatoms. The molecule has 1 aliphatic rings. The molecule has 2 rings (SSSR count). The van der Waals surface area contributed by atoms with Crippen LogP contribution in [0.2, 0.25) is 0 Å². The van der Waals surface area contributed by atoms with Crippen LogP contribution in [0, 0.1) is 0 Å². The van der Waals surface area contributed by atoms with E-state index in [2.05, 4.69) is 21.2 Å². The fourth-order valence-corrected chi connectivity index (χ4v) is 4.06. The molecule has 116 valence electrons. The van der Waals surface area contributed by atoms with Gasteiger partial charge in [-0.25, -0.2) is 0 Å². The van der Waals surface area contributed by atoms with E-state index >= 15 is 0 Å². The number of thiophene rings is 1. The number of carbonyl (C=O) groups excluding carboxylic acids is 2. The maximum Gasteiger partial charge on any atom is 0.249 e. The van der Waals surface area contributed by atoms with Crippen molar-refractivity contribution in [3.63, 3.8) is 0 Å². The molecule has 2 heterocycles. The van der Waals surface area contributed by atoms with Gasteiger partial charge >= 0.3 is 0 Å². The summed E-state index contributed by atoms with van der Waals surface area (Å²) in [6, 6.07) is 1.61. The zero-order valence-corrected chi connectivity index (χ0v) is 15.0. The van der Waals surface area contributed by atoms with Crippen molar-refractivity contribution in [1.29, 1.82) is 0 Å². The van der Waals surface area contributed by atoms with Crippen LogP contribution in [-0.2, 0) is 16.1 Å². The number of rotatable bonds is 5. The second-order valence-corrected chi connectivity index (χ2v) is 7.46. The molecule has 0 aliphatic carbocycles. The first-order valence-electron chi connectivity index (χ1n) is 7.28. The van der Waals surface area contributed by atoms with E-state index < -0.39 is 5.54 Å². The highest BCUT2D eigenvalue weighted by Crippen LogP contribution is 2.29. The molecule has 21 heavy (non-hydrogen) atoms. The Hall–Kier alpha value is -0.880. The van der Waals surface area contributed by atoms with Crippen LogP contribution >= 0.6 is 27.3 Å². The Kier molecular flexibility index (Phi) is 5.09. The maximum absolute atomic E-state index is 12.8. The molecule has 2 unspecified atom stereocenters. The number of halogens is 1. The van der Waals surface area contributed by atoms with Gasteiger partial charge in [-0.1, -0.05) is 20.3 Å². The summed E-state index contributed by atoms with van der Waals surface area (Å²) in [6.07, 6.45) is 2.16. The summed E-state index contributed by atoms with van der Waals surface area (Å²) in [7, 11) is 0. The number of amides is 2. The highest BCUT2D eigenvalue weighted by atomic mass is 79.9. The SMILES string of the molecule is CCCC1C(=O)NC(C)(CC)C(=O)N1Cc1sccc1Br. The Balaban J connectivity index is 2.32. The zero-order valence-electron chi connectivity index (χ0n) is 12.6. The van der Waals surface area contributed by atoms with Crippen LogP contribution in [0.4, 0.5) is 0 Å². The fraction of sp³-hybridized carbons (Fsp3) is 0.600. The smallest absolute Gasteiger partial charge is 0.249 e. The average Bonchev–Trinajstić information content (AvgIpc) is 2.85. The van der Waals surface area contributed by atoms with Crippen LogP contribution in [0.5, 0.6) is 0 Å². The molecule has 4 nitrogen and oxygen atoms in total. The van der Waals surface area contributed by atoms with Gasteiger partial charge in [0.05, 0.1) is 6.54 Å². The lowest BCUT2D eigenvalue weighted by Gasteiger charge is -2.44. The van der Waals surface area contributed by atoms with Gasteiger partial charge < -0.3 is 10.2 Å². The highest BCUT2D eigenvalue weighted by molar-refractivity contribution is 9.10. The van der Waals surface area contributed by atoms with Gasteiger partial charge in [-0.15, -0.1) is 11.3 Å². The van der Waals surface area contributed by atoms with E-state index in [4.69, 9.17) is 0 Å². The van der Waals surface area contributed by atoms with E-state index in [0.29, 0.717) is 19.4 Å². The molecular weight excluding hydrogens is 352 g/mol. The number of piperazine rings is 1. The Morgan fingerprint density at radius 1 is 1.43 bits per heavy atom. The lowest BCUT2D eigenvalue weighted by Crippen LogP contribution is -2.68. The first kappa shape index (κ1) is 16.5. The summed E-state index contributed by atoms with van der Waals surface area (Å²) in [4.78, 5) is 28.1. The standard InChI is InChI=1S/C15H21BrN2O2S/c1-4-6-11-13(19)17-15(3,5-2)14(20)18(11)9-12-10(16)7-8-21-12/h7-8,11H,4-6,9H2,1-3H3,(H,17,19). The molecule has 0 radical (unpaired) electrons. The molecule has 1 aliphatic heterocycles. The monoisotopic (exact) mass is 372 g/mol. The average molecular weight is 373 g/mol. The van der Waals surface area contributed by atoms with Crippen LogP contribution in [-0.4, -0.2) is 28.3 Å². The molecule has 1 saturated heterocycles. The summed E-state index contributed by atoms with van der Waals surface area (Å²) >= 11 is 5.11. The van der Waals surface area contributed by atoms with E-state index in [9.17, 15) is 9.59 Å². The Morgan fingerprint density at radius 2 is 2.14 bits per heavy atom. The third kappa shape index (κ3) is 3.16. The third-order valence-electron chi connectivity index (χ3n) is 4.09. The van der Waals surface area contributed by atoms with Crippen molar-refractivity contribution < 1.29 is 9.59 Å². The quantitative estimate of drug-likeness (QED) is 0.861. The van der Waals surface area contributed by atoms with E-state index in [1.165, 1.54) is 0 Å². The van der Waals surface area contributed by atoms with Crippen molar-refractivity contribution in [2.75, 3.05) is 0 Å². The summed E-state index contributed by atoms with van der Waals surface area (Å²) in [5, 5.41) is 4.90. The van der Waals surface area contributed by atoms with Gasteiger partial charge in [0.15, 0.2) is 0 Å². The molecule has 0 bridgehead atoms. The van der Waals surface area contributed by atoms with Crippen LogP contribution in [0.3, 0.4) is 0 Å². The molecular formula is C15H21BrN2O2S. The van der Waals surface area contributed by atoms with Crippen LogP contribution in [0.25, 0.3) is 0 Å². The van der Waals surface area contributed by atoms with Crippen molar-refractivity contribution in [2.24, 2.45) is 0 Å². The van der Waals surface area contributed by atoms with Gasteiger partial charge in [0.25, 0.3) is 0 Å². The number of carbonyl (C=O) groups is 2. The van der Waals surface area contributed by atoms with Gasteiger partial charge in [-0.3, -0.25) is 9.59 Å². The molecule has 1 fully saturated rings. The van der Waals surface area contributed by atoms with Crippen LogP contribution in [0.15, 0.2) is 15.9 Å². The minimum Gasteiger partial charge on any atom is -0.340 e. The van der Waals surface area contributed by atoms with Crippen molar-refractivity contribution in [3.8, 4) is 0 Å².